The molecule has 4 heteroatoms. The van der Waals surface area contributed by atoms with E-state index in [1.807, 2.05) is 20.0 Å². The zero-order valence-corrected chi connectivity index (χ0v) is 13.2. The van der Waals surface area contributed by atoms with E-state index in [1.165, 1.54) is 0 Å². The summed E-state index contributed by atoms with van der Waals surface area (Å²) in [4.78, 5) is 4.29. The van der Waals surface area contributed by atoms with Crippen molar-refractivity contribution >= 4 is 0 Å². The number of pyridine rings is 1. The average Bonchev–Trinajstić information content (AvgIpc) is 2.45. The molecule has 0 aliphatic heterocycles. The third kappa shape index (κ3) is 5.10. The van der Waals surface area contributed by atoms with Gasteiger partial charge in [0.15, 0.2) is 0 Å². The molecule has 2 unspecified atom stereocenters. The highest BCUT2D eigenvalue weighted by molar-refractivity contribution is 5.26. The minimum Gasteiger partial charge on any atom is -0.492 e. The first-order chi connectivity index (χ1) is 9.76. The van der Waals surface area contributed by atoms with E-state index in [1.54, 1.807) is 6.20 Å². The number of aromatic nitrogens is 1. The van der Waals surface area contributed by atoms with Gasteiger partial charge < -0.3 is 14.8 Å². The fourth-order valence-corrected chi connectivity index (χ4v) is 2.38. The first-order valence-corrected chi connectivity index (χ1v) is 7.69. The topological polar surface area (TPSA) is 43.4 Å². The Morgan fingerprint density at radius 2 is 1.95 bits per heavy atom. The quantitative estimate of drug-likeness (QED) is 0.714. The molecule has 2 atom stereocenters. The van der Waals surface area contributed by atoms with Crippen LogP contribution in [0.5, 0.6) is 5.75 Å². The Balaban J connectivity index is 2.94. The Morgan fingerprint density at radius 3 is 2.55 bits per heavy atom. The SMILES string of the molecule is CCCC(OCC)C(NCC)c1cncc(OCC)c1. The molecule has 20 heavy (non-hydrogen) atoms. The van der Waals surface area contributed by atoms with Crippen LogP contribution < -0.4 is 10.1 Å². The van der Waals surface area contributed by atoms with Gasteiger partial charge in [-0.3, -0.25) is 4.98 Å². The van der Waals surface area contributed by atoms with E-state index >= 15 is 0 Å². The van der Waals surface area contributed by atoms with Crippen LogP contribution in [0, 0.1) is 0 Å². The smallest absolute Gasteiger partial charge is 0.137 e. The zero-order chi connectivity index (χ0) is 14.8. The number of rotatable bonds is 10. The predicted octanol–water partition coefficient (Wildman–Crippen LogP) is 3.34. The molecule has 1 rings (SSSR count). The fourth-order valence-electron chi connectivity index (χ4n) is 2.38. The number of hydrogen-bond acceptors (Lipinski definition) is 4. The molecule has 1 heterocycles. The Bertz CT molecular complexity index is 365. The normalized spacial score (nSPS) is 14.0. The van der Waals surface area contributed by atoms with Gasteiger partial charge in [-0.2, -0.15) is 0 Å². The molecule has 0 amide bonds. The van der Waals surface area contributed by atoms with Crippen molar-refractivity contribution in [2.75, 3.05) is 19.8 Å². The van der Waals surface area contributed by atoms with Gasteiger partial charge in [0.1, 0.15) is 5.75 Å². The summed E-state index contributed by atoms with van der Waals surface area (Å²) >= 11 is 0. The summed E-state index contributed by atoms with van der Waals surface area (Å²) in [5, 5.41) is 3.52. The summed E-state index contributed by atoms with van der Waals surface area (Å²) in [5.74, 6) is 0.819. The highest BCUT2D eigenvalue weighted by Crippen LogP contribution is 2.25. The first kappa shape index (κ1) is 16.9. The maximum atomic E-state index is 5.92. The maximum Gasteiger partial charge on any atom is 0.137 e. The monoisotopic (exact) mass is 280 g/mol. The molecule has 0 spiro atoms. The molecular formula is C16H28N2O2. The van der Waals surface area contributed by atoms with E-state index in [-0.39, 0.29) is 12.1 Å². The van der Waals surface area contributed by atoms with Gasteiger partial charge in [-0.1, -0.05) is 20.3 Å². The largest absolute Gasteiger partial charge is 0.492 e. The van der Waals surface area contributed by atoms with Crippen LogP contribution in [0.1, 0.15) is 52.1 Å². The molecule has 114 valence electrons. The molecule has 1 aromatic heterocycles. The van der Waals surface area contributed by atoms with E-state index in [9.17, 15) is 0 Å². The zero-order valence-electron chi connectivity index (χ0n) is 13.2. The Hall–Kier alpha value is -1.13. The molecule has 0 bridgehead atoms. The van der Waals surface area contributed by atoms with Gasteiger partial charge in [-0.05, 0) is 38.4 Å². The molecule has 1 N–H and O–H groups in total. The Kier molecular flexibility index (Phi) is 8.23. The van der Waals surface area contributed by atoms with Gasteiger partial charge in [0, 0.05) is 12.8 Å². The molecule has 0 aliphatic rings. The molecule has 0 saturated carbocycles. The van der Waals surface area contributed by atoms with Crippen molar-refractivity contribution < 1.29 is 9.47 Å². The summed E-state index contributed by atoms with van der Waals surface area (Å²) < 4.78 is 11.5. The molecule has 0 fully saturated rings. The van der Waals surface area contributed by atoms with Crippen LogP contribution in [0.25, 0.3) is 0 Å². The minimum atomic E-state index is 0.160. The average molecular weight is 280 g/mol. The number of likely N-dealkylation sites (N-methyl/N-ethyl adjacent to an activating group) is 1. The Labute approximate surface area is 122 Å². The second kappa shape index (κ2) is 9.72. The van der Waals surface area contributed by atoms with Crippen molar-refractivity contribution in [3.63, 3.8) is 0 Å². The van der Waals surface area contributed by atoms with Gasteiger partial charge >= 0.3 is 0 Å². The Morgan fingerprint density at radius 1 is 1.15 bits per heavy atom. The van der Waals surface area contributed by atoms with E-state index in [2.05, 4.69) is 30.2 Å². The molecule has 0 aliphatic carbocycles. The van der Waals surface area contributed by atoms with E-state index in [4.69, 9.17) is 9.47 Å². The summed E-state index contributed by atoms with van der Waals surface area (Å²) in [5.41, 5.74) is 1.13. The van der Waals surface area contributed by atoms with Crippen molar-refractivity contribution in [2.24, 2.45) is 0 Å². The molecule has 1 aromatic rings. The van der Waals surface area contributed by atoms with Crippen molar-refractivity contribution in [2.45, 2.75) is 52.7 Å². The number of hydrogen-bond donors (Lipinski definition) is 1. The van der Waals surface area contributed by atoms with Crippen LogP contribution in [0.3, 0.4) is 0 Å². The van der Waals surface area contributed by atoms with Gasteiger partial charge in [-0.25, -0.2) is 0 Å². The third-order valence-corrected chi connectivity index (χ3v) is 3.15. The highest BCUT2D eigenvalue weighted by atomic mass is 16.5. The lowest BCUT2D eigenvalue weighted by molar-refractivity contribution is 0.0279. The molecule has 4 nitrogen and oxygen atoms in total. The van der Waals surface area contributed by atoms with Crippen LogP contribution in [0.15, 0.2) is 18.5 Å². The molecule has 0 radical (unpaired) electrons. The van der Waals surface area contributed by atoms with Crippen molar-refractivity contribution in [1.29, 1.82) is 0 Å². The van der Waals surface area contributed by atoms with E-state index in [0.717, 1.165) is 37.3 Å². The maximum absolute atomic E-state index is 5.92. The van der Waals surface area contributed by atoms with Crippen LogP contribution in [-0.2, 0) is 4.74 Å². The number of ether oxygens (including phenoxy) is 2. The minimum absolute atomic E-state index is 0.160. The van der Waals surface area contributed by atoms with E-state index in [0.29, 0.717) is 6.61 Å². The van der Waals surface area contributed by atoms with Gasteiger partial charge in [0.25, 0.3) is 0 Å². The van der Waals surface area contributed by atoms with Crippen molar-refractivity contribution in [3.05, 3.63) is 24.0 Å². The van der Waals surface area contributed by atoms with E-state index < -0.39 is 0 Å². The van der Waals surface area contributed by atoms with Crippen LogP contribution in [0.4, 0.5) is 0 Å². The predicted molar refractivity (Wildman–Crippen MR) is 82.1 cm³/mol. The van der Waals surface area contributed by atoms with Gasteiger partial charge in [0.2, 0.25) is 0 Å². The molecular weight excluding hydrogens is 252 g/mol. The standard InChI is InChI=1S/C16H28N2O2/c1-5-9-15(20-8-4)16(18-6-2)13-10-14(19-7-3)12-17-11-13/h10-12,15-16,18H,5-9H2,1-4H3. The second-order valence-electron chi connectivity index (χ2n) is 4.70. The van der Waals surface area contributed by atoms with Crippen LogP contribution in [0.2, 0.25) is 0 Å². The third-order valence-electron chi connectivity index (χ3n) is 3.15. The van der Waals surface area contributed by atoms with Gasteiger partial charge in [0.05, 0.1) is 24.9 Å². The lowest BCUT2D eigenvalue weighted by atomic mass is 9.99. The van der Waals surface area contributed by atoms with Crippen molar-refractivity contribution in [3.8, 4) is 5.75 Å². The first-order valence-electron chi connectivity index (χ1n) is 7.69. The summed E-state index contributed by atoms with van der Waals surface area (Å²) in [6.45, 7) is 10.6. The summed E-state index contributed by atoms with van der Waals surface area (Å²) in [6.07, 6.45) is 5.96. The number of nitrogens with zero attached hydrogens (tertiary/aromatic N) is 1. The summed E-state index contributed by atoms with van der Waals surface area (Å²) in [6, 6.07) is 2.22. The summed E-state index contributed by atoms with van der Waals surface area (Å²) in [7, 11) is 0. The molecule has 0 aromatic carbocycles. The van der Waals surface area contributed by atoms with Gasteiger partial charge in [-0.15, -0.1) is 0 Å². The fraction of sp³-hybridized carbons (Fsp3) is 0.688. The highest BCUT2D eigenvalue weighted by Gasteiger charge is 2.23. The molecule has 0 saturated heterocycles. The lowest BCUT2D eigenvalue weighted by Crippen LogP contribution is -2.34. The lowest BCUT2D eigenvalue weighted by Gasteiger charge is -2.28. The number of nitrogens with one attached hydrogen (secondary N) is 1. The second-order valence-corrected chi connectivity index (χ2v) is 4.70. The van der Waals surface area contributed by atoms with Crippen molar-refractivity contribution in [1.82, 2.24) is 10.3 Å². The van der Waals surface area contributed by atoms with Crippen LogP contribution >= 0.6 is 0 Å². The van der Waals surface area contributed by atoms with Crippen LogP contribution in [-0.4, -0.2) is 30.8 Å².